The Balaban J connectivity index is 2.71. The topological polar surface area (TPSA) is 65.0 Å². The van der Waals surface area contributed by atoms with E-state index in [1.165, 1.54) is 6.08 Å². The zero-order valence-electron chi connectivity index (χ0n) is 12.7. The van der Waals surface area contributed by atoms with Gasteiger partial charge in [-0.3, -0.25) is 0 Å². The summed E-state index contributed by atoms with van der Waals surface area (Å²) >= 11 is 0. The molecule has 21 heavy (non-hydrogen) atoms. The lowest BCUT2D eigenvalue weighted by Gasteiger charge is -2.14. The molecule has 0 spiro atoms. The minimum absolute atomic E-state index is 0.376. The average molecular weight is 294 g/mol. The van der Waals surface area contributed by atoms with Crippen molar-refractivity contribution in [3.63, 3.8) is 0 Å². The highest BCUT2D eigenvalue weighted by molar-refractivity contribution is 5.86. The maximum atomic E-state index is 10.6. The Morgan fingerprint density at radius 3 is 2.71 bits per heavy atom. The highest BCUT2D eigenvalue weighted by Crippen LogP contribution is 2.31. The molecule has 1 aromatic rings. The molecule has 0 aliphatic heterocycles. The largest absolute Gasteiger partial charge is 0.493 e. The number of carboxylic acids is 1. The van der Waals surface area contributed by atoms with E-state index in [2.05, 4.69) is 13.8 Å². The normalized spacial score (nSPS) is 11.0. The highest BCUT2D eigenvalue weighted by Gasteiger charge is 2.09. The van der Waals surface area contributed by atoms with Crippen molar-refractivity contribution in [3.05, 3.63) is 29.8 Å². The van der Waals surface area contributed by atoms with Crippen molar-refractivity contribution in [3.8, 4) is 11.5 Å². The fourth-order valence-corrected chi connectivity index (χ4v) is 1.66. The predicted octanol–water partition coefficient (Wildman–Crippen LogP) is 2.84. The number of benzene rings is 1. The van der Waals surface area contributed by atoms with Gasteiger partial charge < -0.3 is 19.3 Å². The van der Waals surface area contributed by atoms with Crippen molar-refractivity contribution in [2.45, 2.75) is 13.8 Å². The fourth-order valence-electron chi connectivity index (χ4n) is 1.66. The third-order valence-electron chi connectivity index (χ3n) is 2.56. The van der Waals surface area contributed by atoms with Crippen molar-refractivity contribution in [2.24, 2.45) is 5.92 Å². The first-order valence-electron chi connectivity index (χ1n) is 6.83. The third kappa shape index (κ3) is 6.31. The number of hydrogen-bond donors (Lipinski definition) is 1. The molecule has 1 rings (SSSR count). The fraction of sp³-hybridized carbons (Fsp3) is 0.438. The zero-order chi connectivity index (χ0) is 15.7. The molecule has 0 amide bonds. The second-order valence-electron chi connectivity index (χ2n) is 4.87. The molecule has 0 aromatic heterocycles. The lowest BCUT2D eigenvalue weighted by Crippen LogP contribution is -2.11. The second-order valence-corrected chi connectivity index (χ2v) is 4.87. The summed E-state index contributed by atoms with van der Waals surface area (Å²) in [6, 6.07) is 5.32. The van der Waals surface area contributed by atoms with E-state index in [1.54, 1.807) is 25.3 Å². The van der Waals surface area contributed by atoms with Gasteiger partial charge in [-0.1, -0.05) is 26.0 Å². The maximum Gasteiger partial charge on any atom is 0.328 e. The van der Waals surface area contributed by atoms with Gasteiger partial charge in [0.2, 0.25) is 0 Å². The van der Waals surface area contributed by atoms with Crippen molar-refractivity contribution in [1.82, 2.24) is 0 Å². The molecule has 0 bridgehead atoms. The number of para-hydroxylation sites is 1. The third-order valence-corrected chi connectivity index (χ3v) is 2.56. The van der Waals surface area contributed by atoms with Crippen LogP contribution in [-0.2, 0) is 9.53 Å². The summed E-state index contributed by atoms with van der Waals surface area (Å²) in [4.78, 5) is 10.6. The maximum absolute atomic E-state index is 10.6. The van der Waals surface area contributed by atoms with E-state index in [4.69, 9.17) is 19.3 Å². The summed E-state index contributed by atoms with van der Waals surface area (Å²) in [7, 11) is 1.54. The molecule has 0 saturated heterocycles. The summed E-state index contributed by atoms with van der Waals surface area (Å²) in [5.41, 5.74) is 0.653. The number of carbonyl (C=O) groups is 1. The molecule has 1 aromatic carbocycles. The van der Waals surface area contributed by atoms with Gasteiger partial charge in [0.05, 0.1) is 13.7 Å². The van der Waals surface area contributed by atoms with Crippen LogP contribution in [0.1, 0.15) is 19.4 Å². The van der Waals surface area contributed by atoms with Gasteiger partial charge in [-0.25, -0.2) is 4.79 Å². The molecule has 116 valence electrons. The van der Waals surface area contributed by atoms with Crippen LogP contribution in [0.15, 0.2) is 24.3 Å². The molecule has 0 unspecified atom stereocenters. The number of hydrogen-bond acceptors (Lipinski definition) is 4. The van der Waals surface area contributed by atoms with Crippen molar-refractivity contribution < 1.29 is 24.1 Å². The lowest BCUT2D eigenvalue weighted by atomic mass is 10.1. The smallest absolute Gasteiger partial charge is 0.328 e. The number of methoxy groups -OCH3 is 1. The van der Waals surface area contributed by atoms with Crippen molar-refractivity contribution in [1.29, 1.82) is 0 Å². The minimum Gasteiger partial charge on any atom is -0.493 e. The highest BCUT2D eigenvalue weighted by atomic mass is 16.5. The Bertz CT molecular complexity index is 480. The SMILES string of the molecule is COc1cccc(/C=C/C(=O)O)c1OCCOCC(C)C. The lowest BCUT2D eigenvalue weighted by molar-refractivity contribution is -0.131. The van der Waals surface area contributed by atoms with E-state index in [1.807, 2.05) is 0 Å². The molecule has 0 saturated carbocycles. The first kappa shape index (κ1) is 17.0. The Morgan fingerprint density at radius 1 is 1.33 bits per heavy atom. The Hall–Kier alpha value is -2.01. The summed E-state index contributed by atoms with van der Waals surface area (Å²) in [5.74, 6) is 0.548. The van der Waals surface area contributed by atoms with E-state index in [9.17, 15) is 4.79 Å². The summed E-state index contributed by atoms with van der Waals surface area (Å²) < 4.78 is 16.4. The number of aliphatic carboxylic acids is 1. The zero-order valence-corrected chi connectivity index (χ0v) is 12.7. The van der Waals surface area contributed by atoms with Gasteiger partial charge in [-0.15, -0.1) is 0 Å². The second kappa shape index (κ2) is 9.02. The first-order valence-corrected chi connectivity index (χ1v) is 6.83. The minimum atomic E-state index is -1.01. The van der Waals surface area contributed by atoms with E-state index in [0.717, 1.165) is 6.08 Å². The molecule has 1 N–H and O–H groups in total. The molecular weight excluding hydrogens is 272 g/mol. The van der Waals surface area contributed by atoms with Crippen molar-refractivity contribution >= 4 is 12.0 Å². The van der Waals surface area contributed by atoms with Crippen LogP contribution < -0.4 is 9.47 Å². The molecule has 0 aliphatic carbocycles. The van der Waals surface area contributed by atoms with Gasteiger partial charge >= 0.3 is 5.97 Å². The number of ether oxygens (including phenoxy) is 3. The molecule has 0 radical (unpaired) electrons. The van der Waals surface area contributed by atoms with Crippen molar-refractivity contribution in [2.75, 3.05) is 26.9 Å². The van der Waals surface area contributed by atoms with Gasteiger partial charge in [-0.05, 0) is 18.1 Å². The number of rotatable bonds is 9. The van der Waals surface area contributed by atoms with Crippen LogP contribution in [0.4, 0.5) is 0 Å². The van der Waals surface area contributed by atoms with Gasteiger partial charge in [0.15, 0.2) is 11.5 Å². The van der Waals surface area contributed by atoms with Crippen LogP contribution >= 0.6 is 0 Å². The van der Waals surface area contributed by atoms with Crippen LogP contribution in [0.25, 0.3) is 6.08 Å². The van der Waals surface area contributed by atoms with Crippen LogP contribution in [0.5, 0.6) is 11.5 Å². The first-order chi connectivity index (χ1) is 10.0. The van der Waals surface area contributed by atoms with E-state index >= 15 is 0 Å². The molecule has 0 heterocycles. The van der Waals surface area contributed by atoms with Gasteiger partial charge in [0.1, 0.15) is 6.61 Å². The Labute approximate surface area is 125 Å². The molecule has 0 fully saturated rings. The molecule has 0 aliphatic rings. The van der Waals surface area contributed by atoms with E-state index in [-0.39, 0.29) is 0 Å². The van der Waals surface area contributed by atoms with Gasteiger partial charge in [0.25, 0.3) is 0 Å². The van der Waals surface area contributed by atoms with E-state index in [0.29, 0.717) is 42.8 Å². The molecule has 0 atom stereocenters. The van der Waals surface area contributed by atoms with Crippen LogP contribution in [-0.4, -0.2) is 38.0 Å². The summed E-state index contributed by atoms with van der Waals surface area (Å²) in [6.07, 6.45) is 2.55. The Kier molecular flexibility index (Phi) is 7.32. The van der Waals surface area contributed by atoms with Gasteiger partial charge in [-0.2, -0.15) is 0 Å². The van der Waals surface area contributed by atoms with Crippen LogP contribution in [0, 0.1) is 5.92 Å². The van der Waals surface area contributed by atoms with Crippen LogP contribution in [0.3, 0.4) is 0 Å². The summed E-state index contributed by atoms with van der Waals surface area (Å²) in [6.45, 7) is 5.69. The quantitative estimate of drug-likeness (QED) is 0.560. The van der Waals surface area contributed by atoms with Crippen LogP contribution in [0.2, 0.25) is 0 Å². The van der Waals surface area contributed by atoms with E-state index < -0.39 is 5.97 Å². The standard InChI is InChI=1S/C16H22O5/c1-12(2)11-20-9-10-21-16-13(7-8-15(17)18)5-4-6-14(16)19-3/h4-8,12H,9-11H2,1-3H3,(H,17,18)/b8-7+. The molecular formula is C16H22O5. The Morgan fingerprint density at radius 2 is 2.10 bits per heavy atom. The summed E-state index contributed by atoms with van der Waals surface area (Å²) in [5, 5.41) is 8.71. The predicted molar refractivity (Wildman–Crippen MR) is 80.8 cm³/mol. The average Bonchev–Trinajstić information content (AvgIpc) is 2.44. The monoisotopic (exact) mass is 294 g/mol. The molecule has 5 heteroatoms. The number of carboxylic acid groups (broad SMARTS) is 1. The van der Waals surface area contributed by atoms with Gasteiger partial charge in [0, 0.05) is 18.2 Å². The molecule has 5 nitrogen and oxygen atoms in total.